The second kappa shape index (κ2) is 7.48. The van der Waals surface area contributed by atoms with Gasteiger partial charge in [0.25, 0.3) is 5.91 Å². The summed E-state index contributed by atoms with van der Waals surface area (Å²) in [6.45, 7) is 3.83. The van der Waals surface area contributed by atoms with Crippen molar-refractivity contribution in [3.8, 4) is 0 Å². The molecule has 2 aromatic carbocycles. The van der Waals surface area contributed by atoms with E-state index in [-0.39, 0.29) is 42.7 Å². The molecule has 7 heteroatoms. The Morgan fingerprint density at radius 3 is 2.55 bits per heavy atom. The first kappa shape index (κ1) is 19.4. The Balaban J connectivity index is 1.71. The Kier molecular flexibility index (Phi) is 5.00. The third-order valence-electron chi connectivity index (χ3n) is 5.68. The van der Waals surface area contributed by atoms with Crippen LogP contribution in [0.3, 0.4) is 0 Å². The highest BCUT2D eigenvalue weighted by Crippen LogP contribution is 2.48. The molecule has 6 nitrogen and oxygen atoms in total. The summed E-state index contributed by atoms with van der Waals surface area (Å²) in [5, 5.41) is 12.9. The van der Waals surface area contributed by atoms with E-state index in [2.05, 4.69) is 5.32 Å². The van der Waals surface area contributed by atoms with Crippen LogP contribution in [0.4, 0.5) is 14.9 Å². The van der Waals surface area contributed by atoms with Crippen molar-refractivity contribution in [2.75, 3.05) is 18.1 Å². The average molecular weight is 397 g/mol. The molecular weight excluding hydrogens is 373 g/mol. The lowest BCUT2D eigenvalue weighted by molar-refractivity contribution is -0.0245. The average Bonchev–Trinajstić information content (AvgIpc) is 2.68. The van der Waals surface area contributed by atoms with E-state index in [1.165, 1.54) is 23.1 Å². The number of hydrogen-bond donors (Lipinski definition) is 2. The van der Waals surface area contributed by atoms with Gasteiger partial charge in [0.05, 0.1) is 24.3 Å². The number of amides is 3. The summed E-state index contributed by atoms with van der Waals surface area (Å²) >= 11 is 0. The maximum Gasteiger partial charge on any atom is 0.322 e. The zero-order valence-electron chi connectivity index (χ0n) is 16.4. The van der Waals surface area contributed by atoms with Crippen LogP contribution in [0.5, 0.6) is 0 Å². The topological polar surface area (TPSA) is 72.9 Å². The molecule has 0 bridgehead atoms. The Morgan fingerprint density at radius 2 is 1.86 bits per heavy atom. The number of rotatable bonds is 3. The van der Waals surface area contributed by atoms with Crippen molar-refractivity contribution in [2.45, 2.75) is 37.9 Å². The standard InChI is InChI=1S/C22H24FN3O3/c1-13(2)24-22(29)25-11-18-20(15-8-4-6-10-17(15)25)19(12-27)26(18)21(28)14-7-3-5-9-16(14)23/h3-10,13,18-20,27H,11-12H2,1-2H3,(H,24,29)/t18-,19-,20+/m0/s1. The van der Waals surface area contributed by atoms with Crippen molar-refractivity contribution in [3.63, 3.8) is 0 Å². The number of likely N-dealkylation sites (tertiary alicyclic amines) is 1. The van der Waals surface area contributed by atoms with Gasteiger partial charge in [-0.15, -0.1) is 0 Å². The number of urea groups is 1. The molecule has 29 heavy (non-hydrogen) atoms. The quantitative estimate of drug-likeness (QED) is 0.837. The van der Waals surface area contributed by atoms with Gasteiger partial charge in [0, 0.05) is 24.2 Å². The molecule has 0 saturated carbocycles. The minimum atomic E-state index is -0.594. The van der Waals surface area contributed by atoms with Crippen molar-refractivity contribution in [1.29, 1.82) is 0 Å². The van der Waals surface area contributed by atoms with E-state index in [0.29, 0.717) is 0 Å². The summed E-state index contributed by atoms with van der Waals surface area (Å²) in [6, 6.07) is 12.3. The molecule has 3 atom stereocenters. The van der Waals surface area contributed by atoms with E-state index >= 15 is 0 Å². The van der Waals surface area contributed by atoms with Crippen molar-refractivity contribution in [2.24, 2.45) is 0 Å². The summed E-state index contributed by atoms with van der Waals surface area (Å²) in [6.07, 6.45) is 0. The molecule has 0 spiro atoms. The number of hydrogen-bond acceptors (Lipinski definition) is 3. The molecule has 0 aliphatic carbocycles. The molecule has 0 unspecified atom stereocenters. The number of para-hydroxylation sites is 1. The molecular formula is C22H24FN3O3. The molecule has 0 radical (unpaired) electrons. The van der Waals surface area contributed by atoms with E-state index in [0.717, 1.165) is 11.3 Å². The number of anilines is 1. The lowest BCUT2D eigenvalue weighted by Gasteiger charge is -2.58. The molecule has 2 aliphatic rings. The fourth-order valence-electron chi connectivity index (χ4n) is 4.46. The Bertz CT molecular complexity index is 948. The first-order chi connectivity index (χ1) is 13.9. The summed E-state index contributed by atoms with van der Waals surface area (Å²) in [7, 11) is 0. The molecule has 152 valence electrons. The maximum atomic E-state index is 14.2. The maximum absolute atomic E-state index is 14.2. The van der Waals surface area contributed by atoms with E-state index in [4.69, 9.17) is 0 Å². The van der Waals surface area contributed by atoms with Crippen LogP contribution in [-0.2, 0) is 0 Å². The van der Waals surface area contributed by atoms with Gasteiger partial charge in [-0.25, -0.2) is 9.18 Å². The number of carbonyl (C=O) groups is 2. The van der Waals surface area contributed by atoms with Gasteiger partial charge in [0.2, 0.25) is 0 Å². The van der Waals surface area contributed by atoms with Gasteiger partial charge >= 0.3 is 6.03 Å². The zero-order valence-corrected chi connectivity index (χ0v) is 16.4. The molecule has 2 aromatic rings. The first-order valence-electron chi connectivity index (χ1n) is 9.79. The Hall–Kier alpha value is -2.93. The number of nitrogens with zero attached hydrogens (tertiary/aromatic N) is 2. The van der Waals surface area contributed by atoms with Crippen LogP contribution in [0, 0.1) is 5.82 Å². The van der Waals surface area contributed by atoms with Crippen molar-refractivity contribution >= 4 is 17.6 Å². The molecule has 1 fully saturated rings. The van der Waals surface area contributed by atoms with Gasteiger partial charge in [0.1, 0.15) is 5.82 Å². The zero-order chi connectivity index (χ0) is 20.7. The monoisotopic (exact) mass is 397 g/mol. The third-order valence-corrected chi connectivity index (χ3v) is 5.68. The minimum absolute atomic E-state index is 0.0264. The number of fused-ring (bicyclic) bond motifs is 3. The van der Waals surface area contributed by atoms with Crippen LogP contribution in [0.15, 0.2) is 48.5 Å². The van der Waals surface area contributed by atoms with Crippen molar-refractivity contribution < 1.29 is 19.1 Å². The van der Waals surface area contributed by atoms with Crippen LogP contribution in [0.1, 0.15) is 35.7 Å². The molecule has 1 saturated heterocycles. The van der Waals surface area contributed by atoms with Crippen LogP contribution < -0.4 is 10.2 Å². The summed E-state index contributed by atoms with van der Waals surface area (Å²) in [5.41, 5.74) is 1.67. The van der Waals surface area contributed by atoms with E-state index in [1.807, 2.05) is 38.1 Å². The number of carbonyl (C=O) groups excluding carboxylic acids is 2. The highest BCUT2D eigenvalue weighted by atomic mass is 19.1. The van der Waals surface area contributed by atoms with Gasteiger partial charge in [-0.1, -0.05) is 30.3 Å². The molecule has 0 aromatic heterocycles. The highest BCUT2D eigenvalue weighted by Gasteiger charge is 2.55. The lowest BCUT2D eigenvalue weighted by atomic mass is 9.71. The van der Waals surface area contributed by atoms with Gasteiger partial charge < -0.3 is 15.3 Å². The predicted octanol–water partition coefficient (Wildman–Crippen LogP) is 2.73. The van der Waals surface area contributed by atoms with E-state index in [1.54, 1.807) is 11.0 Å². The number of aliphatic hydroxyl groups is 1. The number of aliphatic hydroxyl groups excluding tert-OH is 1. The van der Waals surface area contributed by atoms with Crippen molar-refractivity contribution in [3.05, 3.63) is 65.5 Å². The first-order valence-corrected chi connectivity index (χ1v) is 9.79. The van der Waals surface area contributed by atoms with Crippen molar-refractivity contribution in [1.82, 2.24) is 10.2 Å². The van der Waals surface area contributed by atoms with E-state index < -0.39 is 17.8 Å². The van der Waals surface area contributed by atoms with Gasteiger partial charge in [-0.05, 0) is 37.6 Å². The fourth-order valence-corrected chi connectivity index (χ4v) is 4.46. The number of nitrogens with one attached hydrogen (secondary N) is 1. The number of halogens is 1. The van der Waals surface area contributed by atoms with Gasteiger partial charge in [-0.2, -0.15) is 0 Å². The smallest absolute Gasteiger partial charge is 0.322 e. The summed E-state index contributed by atoms with van der Waals surface area (Å²) < 4.78 is 14.2. The van der Waals surface area contributed by atoms with Crippen LogP contribution >= 0.6 is 0 Å². The molecule has 2 N–H and O–H groups in total. The normalized spacial score (nSPS) is 22.6. The highest BCUT2D eigenvalue weighted by molar-refractivity contribution is 5.98. The molecule has 2 heterocycles. The SMILES string of the molecule is CC(C)NC(=O)N1C[C@H]2[C@@H](c3ccccc31)[C@H](CO)N2C(=O)c1ccccc1F. The largest absolute Gasteiger partial charge is 0.394 e. The Labute approximate surface area is 168 Å². The molecule has 4 rings (SSSR count). The summed E-state index contributed by atoms with van der Waals surface area (Å²) in [4.78, 5) is 29.0. The van der Waals surface area contributed by atoms with Crippen LogP contribution in [0.25, 0.3) is 0 Å². The predicted molar refractivity (Wildman–Crippen MR) is 107 cm³/mol. The summed E-state index contributed by atoms with van der Waals surface area (Å²) in [5.74, 6) is -1.16. The number of benzene rings is 2. The van der Waals surface area contributed by atoms with Gasteiger partial charge in [-0.3, -0.25) is 9.69 Å². The molecule has 3 amide bonds. The second-order valence-electron chi connectivity index (χ2n) is 7.81. The van der Waals surface area contributed by atoms with Gasteiger partial charge in [0.15, 0.2) is 0 Å². The van der Waals surface area contributed by atoms with E-state index in [9.17, 15) is 19.1 Å². The minimum Gasteiger partial charge on any atom is -0.394 e. The lowest BCUT2D eigenvalue weighted by Crippen LogP contribution is -2.71. The van der Waals surface area contributed by atoms with Crippen LogP contribution in [0.2, 0.25) is 0 Å². The molecule has 2 aliphatic heterocycles. The Morgan fingerprint density at radius 1 is 1.17 bits per heavy atom. The second-order valence-corrected chi connectivity index (χ2v) is 7.81. The van der Waals surface area contributed by atoms with Crippen LogP contribution in [-0.4, -0.2) is 53.2 Å². The fraction of sp³-hybridized carbons (Fsp3) is 0.364. The third kappa shape index (κ3) is 3.15.